The molecule has 1 unspecified atom stereocenters. The van der Waals surface area contributed by atoms with Crippen LogP contribution in [-0.4, -0.2) is 42.3 Å². The molecule has 5 nitrogen and oxygen atoms in total. The summed E-state index contributed by atoms with van der Waals surface area (Å²) < 4.78 is 5.73. The Hall–Kier alpha value is -2.14. The third-order valence-electron chi connectivity index (χ3n) is 4.59. The molecule has 1 aromatic heterocycles. The van der Waals surface area contributed by atoms with Gasteiger partial charge in [0.25, 0.3) is 0 Å². The average molecular weight is 354 g/mol. The molecule has 2 heterocycles. The summed E-state index contributed by atoms with van der Waals surface area (Å²) in [6, 6.07) is 12.3. The van der Waals surface area contributed by atoms with Crippen molar-refractivity contribution in [2.75, 3.05) is 36.5 Å². The minimum Gasteiger partial charge on any atom is -0.376 e. The van der Waals surface area contributed by atoms with E-state index in [0.29, 0.717) is 0 Å². The molecule has 0 bridgehead atoms. The number of rotatable bonds is 9. The standard InChI is InChI=1S/C21H30N4O/c1-3-12-25(13-4-2)20-15-19(22-16-18-11-8-14-26-18)23-21(24-20)17-9-6-5-7-10-17/h5-7,9-10,15,18H,3-4,8,11-14,16H2,1-2H3,(H,22,23,24). The Morgan fingerprint density at radius 2 is 1.88 bits per heavy atom. The first kappa shape index (κ1) is 18.6. The second-order valence-corrected chi connectivity index (χ2v) is 6.80. The van der Waals surface area contributed by atoms with Gasteiger partial charge in [0.15, 0.2) is 5.82 Å². The number of ether oxygens (including phenoxy) is 1. The van der Waals surface area contributed by atoms with E-state index < -0.39 is 0 Å². The molecule has 1 saturated heterocycles. The quantitative estimate of drug-likeness (QED) is 0.725. The van der Waals surface area contributed by atoms with E-state index in [1.807, 2.05) is 18.2 Å². The molecule has 0 spiro atoms. The molecule has 1 N–H and O–H groups in total. The minimum absolute atomic E-state index is 0.288. The largest absolute Gasteiger partial charge is 0.376 e. The Bertz CT molecular complexity index is 665. The van der Waals surface area contributed by atoms with E-state index in [9.17, 15) is 0 Å². The predicted molar refractivity (Wildman–Crippen MR) is 108 cm³/mol. The van der Waals surface area contributed by atoms with Crippen LogP contribution in [0.25, 0.3) is 11.4 Å². The smallest absolute Gasteiger partial charge is 0.163 e. The van der Waals surface area contributed by atoms with Crippen LogP contribution < -0.4 is 10.2 Å². The molecule has 26 heavy (non-hydrogen) atoms. The van der Waals surface area contributed by atoms with Crippen molar-refractivity contribution in [3.05, 3.63) is 36.4 Å². The first-order valence-electron chi connectivity index (χ1n) is 9.85. The van der Waals surface area contributed by atoms with Crippen molar-refractivity contribution in [3.8, 4) is 11.4 Å². The number of nitrogens with one attached hydrogen (secondary N) is 1. The Kier molecular flexibility index (Phi) is 6.83. The lowest BCUT2D eigenvalue weighted by Gasteiger charge is -2.24. The Morgan fingerprint density at radius 1 is 1.12 bits per heavy atom. The molecular weight excluding hydrogens is 324 g/mol. The van der Waals surface area contributed by atoms with Gasteiger partial charge < -0.3 is 15.0 Å². The van der Waals surface area contributed by atoms with Crippen LogP contribution >= 0.6 is 0 Å². The lowest BCUT2D eigenvalue weighted by molar-refractivity contribution is 0.120. The van der Waals surface area contributed by atoms with Crippen LogP contribution in [0.2, 0.25) is 0 Å². The molecule has 1 aromatic carbocycles. The number of hydrogen-bond acceptors (Lipinski definition) is 5. The first-order valence-corrected chi connectivity index (χ1v) is 9.85. The van der Waals surface area contributed by atoms with Gasteiger partial charge in [-0.25, -0.2) is 9.97 Å². The number of aromatic nitrogens is 2. The Balaban J connectivity index is 1.87. The molecule has 1 atom stereocenters. The molecule has 5 heteroatoms. The van der Waals surface area contributed by atoms with E-state index in [4.69, 9.17) is 14.7 Å². The second kappa shape index (κ2) is 9.53. The molecule has 3 rings (SSSR count). The summed E-state index contributed by atoms with van der Waals surface area (Å²) in [5.74, 6) is 2.65. The zero-order valence-electron chi connectivity index (χ0n) is 15.9. The van der Waals surface area contributed by atoms with Gasteiger partial charge in [0.1, 0.15) is 11.6 Å². The molecule has 140 valence electrons. The molecule has 0 aliphatic carbocycles. The van der Waals surface area contributed by atoms with Gasteiger partial charge in [-0.05, 0) is 25.7 Å². The van der Waals surface area contributed by atoms with Crippen LogP contribution in [0.4, 0.5) is 11.6 Å². The minimum atomic E-state index is 0.288. The van der Waals surface area contributed by atoms with Crippen LogP contribution in [0.5, 0.6) is 0 Å². The normalized spacial score (nSPS) is 16.6. The maximum atomic E-state index is 5.73. The maximum absolute atomic E-state index is 5.73. The lowest BCUT2D eigenvalue weighted by Crippen LogP contribution is -2.26. The molecular formula is C21H30N4O. The van der Waals surface area contributed by atoms with Crippen molar-refractivity contribution in [1.29, 1.82) is 0 Å². The number of anilines is 2. The second-order valence-electron chi connectivity index (χ2n) is 6.80. The van der Waals surface area contributed by atoms with Gasteiger partial charge in [-0.3, -0.25) is 0 Å². The van der Waals surface area contributed by atoms with Gasteiger partial charge in [0.2, 0.25) is 0 Å². The highest BCUT2D eigenvalue weighted by molar-refractivity contribution is 5.61. The van der Waals surface area contributed by atoms with Gasteiger partial charge in [-0.1, -0.05) is 44.2 Å². The molecule has 1 aliphatic heterocycles. The maximum Gasteiger partial charge on any atom is 0.163 e. The summed E-state index contributed by atoms with van der Waals surface area (Å²) >= 11 is 0. The van der Waals surface area contributed by atoms with Gasteiger partial charge in [0, 0.05) is 37.9 Å². The van der Waals surface area contributed by atoms with Crippen molar-refractivity contribution in [2.45, 2.75) is 45.6 Å². The average Bonchev–Trinajstić information content (AvgIpc) is 3.20. The van der Waals surface area contributed by atoms with E-state index in [-0.39, 0.29) is 6.10 Å². The highest BCUT2D eigenvalue weighted by Crippen LogP contribution is 2.23. The molecule has 2 aromatic rings. The van der Waals surface area contributed by atoms with Gasteiger partial charge in [0.05, 0.1) is 6.10 Å². The molecule has 0 amide bonds. The van der Waals surface area contributed by atoms with E-state index in [2.05, 4.69) is 42.3 Å². The zero-order valence-corrected chi connectivity index (χ0v) is 15.9. The van der Waals surface area contributed by atoms with Gasteiger partial charge >= 0.3 is 0 Å². The van der Waals surface area contributed by atoms with E-state index in [0.717, 1.165) is 74.9 Å². The molecule has 1 fully saturated rings. The van der Waals surface area contributed by atoms with Crippen LogP contribution in [0.1, 0.15) is 39.5 Å². The van der Waals surface area contributed by atoms with Crippen LogP contribution in [0.3, 0.4) is 0 Å². The molecule has 0 saturated carbocycles. The van der Waals surface area contributed by atoms with Crippen molar-refractivity contribution in [2.24, 2.45) is 0 Å². The summed E-state index contributed by atoms with van der Waals surface area (Å²) in [4.78, 5) is 12.0. The Labute approximate surface area is 156 Å². The van der Waals surface area contributed by atoms with E-state index >= 15 is 0 Å². The van der Waals surface area contributed by atoms with Gasteiger partial charge in [-0.15, -0.1) is 0 Å². The van der Waals surface area contributed by atoms with E-state index in [1.165, 1.54) is 0 Å². The summed E-state index contributed by atoms with van der Waals surface area (Å²) in [7, 11) is 0. The molecule has 1 aliphatic rings. The zero-order chi connectivity index (χ0) is 18.2. The van der Waals surface area contributed by atoms with Crippen LogP contribution in [-0.2, 0) is 4.74 Å². The fourth-order valence-corrected chi connectivity index (χ4v) is 3.31. The van der Waals surface area contributed by atoms with Crippen LogP contribution in [0.15, 0.2) is 36.4 Å². The highest BCUT2D eigenvalue weighted by Gasteiger charge is 2.17. The number of nitrogens with zero attached hydrogens (tertiary/aromatic N) is 3. The Morgan fingerprint density at radius 3 is 2.54 bits per heavy atom. The van der Waals surface area contributed by atoms with E-state index in [1.54, 1.807) is 0 Å². The van der Waals surface area contributed by atoms with Crippen LogP contribution in [0, 0.1) is 0 Å². The predicted octanol–water partition coefficient (Wildman–Crippen LogP) is 4.36. The summed E-state index contributed by atoms with van der Waals surface area (Å²) in [6.45, 7) is 8.09. The molecule has 0 radical (unpaired) electrons. The summed E-state index contributed by atoms with van der Waals surface area (Å²) in [6.07, 6.45) is 4.76. The van der Waals surface area contributed by atoms with Crippen molar-refractivity contribution in [1.82, 2.24) is 9.97 Å². The van der Waals surface area contributed by atoms with Crippen molar-refractivity contribution < 1.29 is 4.74 Å². The van der Waals surface area contributed by atoms with Gasteiger partial charge in [-0.2, -0.15) is 0 Å². The third-order valence-corrected chi connectivity index (χ3v) is 4.59. The SMILES string of the molecule is CCCN(CCC)c1cc(NCC2CCCO2)nc(-c2ccccc2)n1. The number of benzene rings is 1. The monoisotopic (exact) mass is 354 g/mol. The number of hydrogen-bond donors (Lipinski definition) is 1. The fraction of sp³-hybridized carbons (Fsp3) is 0.524. The topological polar surface area (TPSA) is 50.3 Å². The third kappa shape index (κ3) is 4.94. The fourth-order valence-electron chi connectivity index (χ4n) is 3.31. The van der Waals surface area contributed by atoms with Crippen molar-refractivity contribution >= 4 is 11.6 Å². The summed E-state index contributed by atoms with van der Waals surface area (Å²) in [5, 5.41) is 3.47. The summed E-state index contributed by atoms with van der Waals surface area (Å²) in [5.41, 5.74) is 1.04. The first-order chi connectivity index (χ1) is 12.8. The van der Waals surface area contributed by atoms with Crippen molar-refractivity contribution in [3.63, 3.8) is 0 Å². The lowest BCUT2D eigenvalue weighted by atomic mass is 10.2. The highest BCUT2D eigenvalue weighted by atomic mass is 16.5.